The molecule has 168 valence electrons. The van der Waals surface area contributed by atoms with Crippen molar-refractivity contribution in [1.82, 2.24) is 29.5 Å². The smallest absolute Gasteiger partial charge is 0.161 e. The molecular formula is C25H28N8. The molecule has 0 unspecified atom stereocenters. The van der Waals surface area contributed by atoms with Gasteiger partial charge in [-0.25, -0.2) is 9.97 Å². The van der Waals surface area contributed by atoms with E-state index in [1.54, 1.807) is 4.68 Å². The van der Waals surface area contributed by atoms with Gasteiger partial charge in [0.05, 0.1) is 17.5 Å². The maximum absolute atomic E-state index is 6.05. The number of aromatic nitrogens is 6. The van der Waals surface area contributed by atoms with Crippen molar-refractivity contribution >= 4 is 5.82 Å². The molecule has 0 saturated heterocycles. The van der Waals surface area contributed by atoms with Crippen LogP contribution >= 0.6 is 0 Å². The second kappa shape index (κ2) is 7.52. The highest BCUT2D eigenvalue weighted by molar-refractivity contribution is 5.75. The van der Waals surface area contributed by atoms with Gasteiger partial charge < -0.3 is 11.1 Å². The second-order valence-corrected chi connectivity index (χ2v) is 9.73. The molecule has 1 aromatic carbocycles. The Hall–Kier alpha value is -3.52. The van der Waals surface area contributed by atoms with Crippen molar-refractivity contribution in [1.29, 1.82) is 0 Å². The van der Waals surface area contributed by atoms with Crippen LogP contribution in [0.5, 0.6) is 0 Å². The number of hydrogen-bond donors (Lipinski definition) is 2. The van der Waals surface area contributed by atoms with Crippen LogP contribution in [0.15, 0.2) is 55.1 Å². The molecule has 2 fully saturated rings. The zero-order chi connectivity index (χ0) is 22.6. The van der Waals surface area contributed by atoms with Gasteiger partial charge in [0.15, 0.2) is 5.82 Å². The monoisotopic (exact) mass is 440 g/mol. The van der Waals surface area contributed by atoms with Crippen LogP contribution in [0.1, 0.15) is 25.7 Å². The quantitative estimate of drug-likeness (QED) is 0.492. The van der Waals surface area contributed by atoms with E-state index >= 15 is 0 Å². The van der Waals surface area contributed by atoms with Crippen LogP contribution in [0, 0.1) is 5.41 Å². The molecule has 2 aliphatic rings. The average Bonchev–Trinajstić information content (AvgIpc) is 3.39. The first-order valence-electron chi connectivity index (χ1n) is 11.5. The van der Waals surface area contributed by atoms with E-state index in [9.17, 15) is 0 Å². The Morgan fingerprint density at radius 1 is 1.00 bits per heavy atom. The molecule has 0 bridgehead atoms. The van der Waals surface area contributed by atoms with Gasteiger partial charge in [0.25, 0.3) is 0 Å². The SMILES string of the molecule is Cn1cc(-c2cccc(-c3ncc(-c4ccn(C)n4)c(NC4CC5(CC(N)C5)C4)n3)c2)cn1. The molecule has 2 saturated carbocycles. The largest absolute Gasteiger partial charge is 0.367 e. The highest BCUT2D eigenvalue weighted by atomic mass is 15.3. The van der Waals surface area contributed by atoms with E-state index in [-0.39, 0.29) is 0 Å². The van der Waals surface area contributed by atoms with Crippen LogP contribution in [-0.4, -0.2) is 41.6 Å². The molecule has 6 rings (SSSR count). The lowest BCUT2D eigenvalue weighted by molar-refractivity contribution is 0.00112. The number of benzene rings is 1. The molecule has 1 spiro atoms. The lowest BCUT2D eigenvalue weighted by Gasteiger charge is -2.57. The Labute approximate surface area is 192 Å². The van der Waals surface area contributed by atoms with Crippen LogP contribution in [0.25, 0.3) is 33.8 Å². The molecule has 8 heteroatoms. The van der Waals surface area contributed by atoms with Gasteiger partial charge in [0, 0.05) is 55.9 Å². The van der Waals surface area contributed by atoms with Crippen LogP contribution in [0.3, 0.4) is 0 Å². The van der Waals surface area contributed by atoms with Gasteiger partial charge in [-0.05, 0) is 48.8 Å². The predicted molar refractivity (Wildman–Crippen MR) is 128 cm³/mol. The molecule has 2 aliphatic carbocycles. The van der Waals surface area contributed by atoms with E-state index in [4.69, 9.17) is 15.7 Å². The molecular weight excluding hydrogens is 412 g/mol. The van der Waals surface area contributed by atoms with Crippen molar-refractivity contribution in [3.8, 4) is 33.8 Å². The average molecular weight is 441 g/mol. The molecule has 3 aromatic heterocycles. The second-order valence-electron chi connectivity index (χ2n) is 9.73. The summed E-state index contributed by atoms with van der Waals surface area (Å²) in [5.74, 6) is 1.54. The fourth-order valence-electron chi connectivity index (χ4n) is 5.45. The molecule has 4 aromatic rings. The van der Waals surface area contributed by atoms with Crippen LogP contribution in [0.2, 0.25) is 0 Å². The Kier molecular flexibility index (Phi) is 4.58. The number of hydrogen-bond acceptors (Lipinski definition) is 6. The Balaban J connectivity index is 1.32. The van der Waals surface area contributed by atoms with Crippen LogP contribution < -0.4 is 11.1 Å². The first-order chi connectivity index (χ1) is 16.0. The molecule has 0 aliphatic heterocycles. The fourth-order valence-corrected chi connectivity index (χ4v) is 5.45. The summed E-state index contributed by atoms with van der Waals surface area (Å²) in [7, 11) is 3.85. The van der Waals surface area contributed by atoms with Gasteiger partial charge in [-0.15, -0.1) is 0 Å². The lowest BCUT2D eigenvalue weighted by Crippen LogP contribution is -2.57. The normalized spacial score (nSPS) is 23.8. The summed E-state index contributed by atoms with van der Waals surface area (Å²) in [5, 5.41) is 12.6. The Bertz CT molecular complexity index is 1310. The van der Waals surface area contributed by atoms with Crippen molar-refractivity contribution in [2.45, 2.75) is 37.8 Å². The first kappa shape index (κ1) is 20.1. The molecule has 0 radical (unpaired) electrons. The zero-order valence-electron chi connectivity index (χ0n) is 18.9. The van der Waals surface area contributed by atoms with Crippen molar-refractivity contribution < 1.29 is 0 Å². The molecule has 0 atom stereocenters. The van der Waals surface area contributed by atoms with Crippen molar-refractivity contribution in [3.05, 3.63) is 55.1 Å². The zero-order valence-corrected chi connectivity index (χ0v) is 18.9. The Morgan fingerprint density at radius 2 is 1.82 bits per heavy atom. The highest BCUT2D eigenvalue weighted by Gasteiger charge is 2.51. The summed E-state index contributed by atoms with van der Waals surface area (Å²) < 4.78 is 3.61. The third kappa shape index (κ3) is 3.70. The minimum Gasteiger partial charge on any atom is -0.367 e. The third-order valence-corrected chi connectivity index (χ3v) is 7.03. The van der Waals surface area contributed by atoms with Gasteiger partial charge >= 0.3 is 0 Å². The van der Waals surface area contributed by atoms with E-state index in [1.165, 1.54) is 0 Å². The minimum absolute atomic E-state index is 0.382. The van der Waals surface area contributed by atoms with E-state index in [0.717, 1.165) is 59.4 Å². The number of nitrogens with two attached hydrogens (primary N) is 1. The molecule has 3 N–H and O–H groups in total. The maximum Gasteiger partial charge on any atom is 0.161 e. The van der Waals surface area contributed by atoms with E-state index in [0.29, 0.717) is 23.3 Å². The van der Waals surface area contributed by atoms with Crippen molar-refractivity contribution in [2.24, 2.45) is 25.2 Å². The van der Waals surface area contributed by atoms with Crippen LogP contribution in [-0.2, 0) is 14.1 Å². The standard InChI is InChI=1S/C25H28N8/c1-32-7-6-22(31-32)21-14-27-23(17-5-3-4-16(8-17)18-13-28-33(2)15-18)30-24(21)29-20-11-25(12-20)9-19(26)10-25/h3-8,13-15,19-20H,9-12,26H2,1-2H3,(H,27,29,30). The number of nitrogens with one attached hydrogen (secondary N) is 1. The summed E-state index contributed by atoms with van der Waals surface area (Å²) in [4.78, 5) is 9.69. The third-order valence-electron chi connectivity index (χ3n) is 7.03. The van der Waals surface area contributed by atoms with Crippen LogP contribution in [0.4, 0.5) is 5.82 Å². The van der Waals surface area contributed by atoms with Gasteiger partial charge in [0.2, 0.25) is 0 Å². The van der Waals surface area contributed by atoms with Gasteiger partial charge in [-0.2, -0.15) is 10.2 Å². The van der Waals surface area contributed by atoms with Gasteiger partial charge in [-0.3, -0.25) is 9.36 Å². The highest BCUT2D eigenvalue weighted by Crippen LogP contribution is 2.56. The summed E-state index contributed by atoms with van der Waals surface area (Å²) >= 11 is 0. The summed E-state index contributed by atoms with van der Waals surface area (Å²) in [6, 6.07) is 11.1. The topological polar surface area (TPSA) is 99.5 Å². The van der Waals surface area contributed by atoms with E-state index in [2.05, 4.69) is 27.6 Å². The minimum atomic E-state index is 0.382. The fraction of sp³-hybridized carbons (Fsp3) is 0.360. The molecule has 8 nitrogen and oxygen atoms in total. The van der Waals surface area contributed by atoms with Gasteiger partial charge in [0.1, 0.15) is 5.82 Å². The number of anilines is 1. The summed E-state index contributed by atoms with van der Waals surface area (Å²) in [5.41, 5.74) is 11.4. The van der Waals surface area contributed by atoms with E-state index < -0.39 is 0 Å². The van der Waals surface area contributed by atoms with Gasteiger partial charge in [-0.1, -0.05) is 18.2 Å². The van der Waals surface area contributed by atoms with Crippen molar-refractivity contribution in [2.75, 3.05) is 5.32 Å². The summed E-state index contributed by atoms with van der Waals surface area (Å²) in [6.07, 6.45) is 12.3. The van der Waals surface area contributed by atoms with Crippen molar-refractivity contribution in [3.63, 3.8) is 0 Å². The molecule has 33 heavy (non-hydrogen) atoms. The van der Waals surface area contributed by atoms with E-state index in [1.807, 2.05) is 61.8 Å². The molecule has 3 heterocycles. The Morgan fingerprint density at radius 3 is 2.52 bits per heavy atom. The predicted octanol–water partition coefficient (Wildman–Crippen LogP) is 3.63. The number of aryl methyl sites for hydroxylation is 2. The number of nitrogens with zero attached hydrogens (tertiary/aromatic N) is 6. The first-order valence-corrected chi connectivity index (χ1v) is 11.5. The summed E-state index contributed by atoms with van der Waals surface area (Å²) in [6.45, 7) is 0. The maximum atomic E-state index is 6.05. The number of rotatable bonds is 5. The molecule has 0 amide bonds. The lowest BCUT2D eigenvalue weighted by atomic mass is 9.52.